The zero-order valence-electron chi connectivity index (χ0n) is 11.9. The van der Waals surface area contributed by atoms with Crippen LogP contribution in [0.4, 0.5) is 4.79 Å². The summed E-state index contributed by atoms with van der Waals surface area (Å²) in [7, 11) is 0. The molecule has 0 saturated heterocycles. The summed E-state index contributed by atoms with van der Waals surface area (Å²) in [5.74, 6) is 0. The first-order chi connectivity index (χ1) is 10.3. The summed E-state index contributed by atoms with van der Waals surface area (Å²) in [5, 5.41) is 5.18. The lowest BCUT2D eigenvalue weighted by Gasteiger charge is -2.08. The van der Waals surface area contributed by atoms with E-state index in [1.54, 1.807) is 4.57 Å². The van der Waals surface area contributed by atoms with Crippen molar-refractivity contribution < 1.29 is 4.79 Å². The van der Waals surface area contributed by atoms with Crippen LogP contribution in [-0.2, 0) is 0 Å². The number of carbonyl (C=O) groups excluding carboxylic acids is 1. The number of carbonyl (C=O) groups is 1. The third kappa shape index (κ3) is 2.50. The number of hydrogen-bond donors (Lipinski definition) is 2. The van der Waals surface area contributed by atoms with Crippen molar-refractivity contribution in [3.05, 3.63) is 48.5 Å². The second-order valence-electron chi connectivity index (χ2n) is 5.10. The van der Waals surface area contributed by atoms with Crippen molar-refractivity contribution in [2.75, 3.05) is 13.1 Å². The van der Waals surface area contributed by atoms with Gasteiger partial charge in [-0.25, -0.2) is 4.79 Å². The normalized spacial score (nSPS) is 11.1. The van der Waals surface area contributed by atoms with Gasteiger partial charge < -0.3 is 11.1 Å². The Morgan fingerprint density at radius 2 is 1.52 bits per heavy atom. The number of nitrogens with zero attached hydrogens (tertiary/aromatic N) is 1. The Morgan fingerprint density at radius 3 is 2.10 bits per heavy atom. The lowest BCUT2D eigenvalue weighted by Crippen LogP contribution is -2.29. The van der Waals surface area contributed by atoms with Crippen LogP contribution >= 0.6 is 0 Å². The average Bonchev–Trinajstić information content (AvgIpc) is 2.86. The highest BCUT2D eigenvalue weighted by Gasteiger charge is 2.14. The molecule has 108 valence electrons. The number of para-hydroxylation sites is 2. The molecule has 1 aromatic heterocycles. The molecule has 21 heavy (non-hydrogen) atoms. The first-order valence-electron chi connectivity index (χ1n) is 7.29. The van der Waals surface area contributed by atoms with Crippen LogP contribution in [0.25, 0.3) is 21.8 Å². The molecule has 3 rings (SSSR count). The average molecular weight is 281 g/mol. The van der Waals surface area contributed by atoms with Crippen molar-refractivity contribution in [2.24, 2.45) is 5.73 Å². The number of aromatic nitrogens is 1. The Kier molecular flexibility index (Phi) is 3.88. The summed E-state index contributed by atoms with van der Waals surface area (Å²) in [5.41, 5.74) is 7.35. The van der Waals surface area contributed by atoms with Gasteiger partial charge in [-0.2, -0.15) is 0 Å². The molecule has 0 aliphatic carbocycles. The summed E-state index contributed by atoms with van der Waals surface area (Å²) in [4.78, 5) is 12.5. The van der Waals surface area contributed by atoms with Crippen LogP contribution in [0.5, 0.6) is 0 Å². The van der Waals surface area contributed by atoms with Gasteiger partial charge in [-0.1, -0.05) is 36.4 Å². The number of benzene rings is 2. The van der Waals surface area contributed by atoms with Crippen LogP contribution in [0, 0.1) is 0 Å². The molecule has 0 spiro atoms. The molecule has 0 atom stereocenters. The molecule has 4 nitrogen and oxygen atoms in total. The van der Waals surface area contributed by atoms with Gasteiger partial charge in [-0.3, -0.25) is 4.57 Å². The molecule has 4 heteroatoms. The maximum atomic E-state index is 12.5. The Balaban J connectivity index is 2.01. The summed E-state index contributed by atoms with van der Waals surface area (Å²) >= 11 is 0. The largest absolute Gasteiger partial charge is 0.337 e. The summed E-state index contributed by atoms with van der Waals surface area (Å²) in [6.07, 6.45) is 1.83. The third-order valence-electron chi connectivity index (χ3n) is 3.69. The highest BCUT2D eigenvalue weighted by molar-refractivity contribution is 6.12. The zero-order valence-corrected chi connectivity index (χ0v) is 11.9. The van der Waals surface area contributed by atoms with E-state index in [2.05, 4.69) is 17.4 Å². The van der Waals surface area contributed by atoms with E-state index >= 15 is 0 Å². The monoisotopic (exact) mass is 281 g/mol. The minimum absolute atomic E-state index is 0.0792. The molecule has 0 radical (unpaired) electrons. The van der Waals surface area contributed by atoms with Gasteiger partial charge in [0.2, 0.25) is 0 Å². The second-order valence-corrected chi connectivity index (χ2v) is 5.10. The fourth-order valence-electron chi connectivity index (χ4n) is 2.69. The van der Waals surface area contributed by atoms with Crippen molar-refractivity contribution in [2.45, 2.75) is 12.8 Å². The standard InChI is InChI=1S/C17H19N3O/c18-11-5-6-12-19-17(21)20-15-9-3-1-7-13(15)14-8-2-4-10-16(14)20/h1-4,7-10H,5-6,11-12,18H2,(H,19,21). The highest BCUT2D eigenvalue weighted by Crippen LogP contribution is 2.28. The molecular weight excluding hydrogens is 262 g/mol. The number of amides is 1. The van der Waals surface area contributed by atoms with Crippen molar-refractivity contribution in [1.82, 2.24) is 9.88 Å². The van der Waals surface area contributed by atoms with E-state index in [-0.39, 0.29) is 6.03 Å². The van der Waals surface area contributed by atoms with Crippen LogP contribution in [0.1, 0.15) is 12.8 Å². The van der Waals surface area contributed by atoms with Gasteiger partial charge >= 0.3 is 6.03 Å². The lowest BCUT2D eigenvalue weighted by atomic mass is 10.2. The number of rotatable bonds is 4. The van der Waals surface area contributed by atoms with Crippen LogP contribution in [0.3, 0.4) is 0 Å². The van der Waals surface area contributed by atoms with Gasteiger partial charge in [-0.15, -0.1) is 0 Å². The van der Waals surface area contributed by atoms with Crippen molar-refractivity contribution in [3.8, 4) is 0 Å². The maximum Gasteiger partial charge on any atom is 0.326 e. The molecule has 0 aliphatic rings. The van der Waals surface area contributed by atoms with E-state index in [1.807, 2.05) is 36.4 Å². The SMILES string of the molecule is NCCCCNC(=O)n1c2ccccc2c2ccccc21. The summed E-state index contributed by atoms with van der Waals surface area (Å²) in [6.45, 7) is 1.31. The molecule has 1 heterocycles. The predicted octanol–water partition coefficient (Wildman–Crippen LogP) is 3.09. The molecule has 0 saturated carbocycles. The van der Waals surface area contributed by atoms with Crippen LogP contribution in [-0.4, -0.2) is 23.7 Å². The Bertz CT molecular complexity index is 723. The highest BCUT2D eigenvalue weighted by atomic mass is 16.2. The van der Waals surface area contributed by atoms with Gasteiger partial charge in [0, 0.05) is 17.3 Å². The van der Waals surface area contributed by atoms with Crippen molar-refractivity contribution in [3.63, 3.8) is 0 Å². The van der Waals surface area contributed by atoms with Crippen LogP contribution in [0.2, 0.25) is 0 Å². The number of nitrogens with one attached hydrogen (secondary N) is 1. The number of fused-ring (bicyclic) bond motifs is 3. The summed E-state index contributed by atoms with van der Waals surface area (Å²) < 4.78 is 1.76. The number of hydrogen-bond acceptors (Lipinski definition) is 2. The molecule has 2 aromatic carbocycles. The fourth-order valence-corrected chi connectivity index (χ4v) is 2.69. The van der Waals surface area contributed by atoms with E-state index in [4.69, 9.17) is 5.73 Å². The molecule has 0 unspecified atom stereocenters. The molecule has 0 aliphatic heterocycles. The first-order valence-corrected chi connectivity index (χ1v) is 7.29. The van der Waals surface area contributed by atoms with Crippen LogP contribution in [0.15, 0.2) is 48.5 Å². The quantitative estimate of drug-likeness (QED) is 0.722. The van der Waals surface area contributed by atoms with Gasteiger partial charge in [0.05, 0.1) is 11.0 Å². The van der Waals surface area contributed by atoms with E-state index in [1.165, 1.54) is 0 Å². The smallest absolute Gasteiger partial charge is 0.326 e. The van der Waals surface area contributed by atoms with Crippen molar-refractivity contribution in [1.29, 1.82) is 0 Å². The van der Waals surface area contributed by atoms with Gasteiger partial charge in [0.25, 0.3) is 0 Å². The summed E-state index contributed by atoms with van der Waals surface area (Å²) in [6, 6.07) is 15.9. The Hall–Kier alpha value is -2.33. The molecule has 0 bridgehead atoms. The maximum absolute atomic E-state index is 12.5. The van der Waals surface area contributed by atoms with E-state index in [0.29, 0.717) is 13.1 Å². The van der Waals surface area contributed by atoms with E-state index < -0.39 is 0 Å². The number of nitrogens with two attached hydrogens (primary N) is 1. The van der Waals surface area contributed by atoms with Crippen LogP contribution < -0.4 is 11.1 Å². The van der Waals surface area contributed by atoms with Gasteiger partial charge in [-0.05, 0) is 31.5 Å². The Labute approximate surface area is 123 Å². The molecular formula is C17H19N3O. The fraction of sp³-hybridized carbons (Fsp3) is 0.235. The molecule has 0 fully saturated rings. The van der Waals surface area contributed by atoms with Crippen molar-refractivity contribution >= 4 is 27.8 Å². The lowest BCUT2D eigenvalue weighted by molar-refractivity contribution is 0.244. The third-order valence-corrected chi connectivity index (χ3v) is 3.69. The zero-order chi connectivity index (χ0) is 14.7. The Morgan fingerprint density at radius 1 is 0.952 bits per heavy atom. The van der Waals surface area contributed by atoms with Gasteiger partial charge in [0.1, 0.15) is 0 Å². The molecule has 3 aromatic rings. The topological polar surface area (TPSA) is 60.0 Å². The van der Waals surface area contributed by atoms with Gasteiger partial charge in [0.15, 0.2) is 0 Å². The minimum Gasteiger partial charge on any atom is -0.337 e. The predicted molar refractivity (Wildman–Crippen MR) is 86.5 cm³/mol. The minimum atomic E-state index is -0.0792. The molecule has 3 N–H and O–H groups in total. The number of unbranched alkanes of at least 4 members (excludes halogenated alkanes) is 1. The molecule has 1 amide bonds. The van der Waals surface area contributed by atoms with E-state index in [0.717, 1.165) is 34.6 Å². The first kappa shape index (κ1) is 13.6. The second kappa shape index (κ2) is 5.97. The van der Waals surface area contributed by atoms with E-state index in [9.17, 15) is 4.79 Å².